The fourth-order valence-corrected chi connectivity index (χ4v) is 7.86. The van der Waals surface area contributed by atoms with Crippen molar-refractivity contribution in [1.82, 2.24) is 37.8 Å². The number of ether oxygens (including phenoxy) is 2. The van der Waals surface area contributed by atoms with E-state index in [2.05, 4.69) is 96.7 Å². The summed E-state index contributed by atoms with van der Waals surface area (Å²) in [7, 11) is -2.11. The lowest BCUT2D eigenvalue weighted by Crippen LogP contribution is -2.22. The van der Waals surface area contributed by atoms with Gasteiger partial charge in [0, 0.05) is 57.0 Å². The van der Waals surface area contributed by atoms with E-state index in [4.69, 9.17) is 19.4 Å². The van der Waals surface area contributed by atoms with Gasteiger partial charge in [0.2, 0.25) is 0 Å². The van der Waals surface area contributed by atoms with Crippen LogP contribution in [0.15, 0.2) is 47.2 Å². The Labute approximate surface area is 295 Å². The minimum absolute atomic E-state index is 0.512. The normalized spacial score (nSPS) is 12.2. The van der Waals surface area contributed by atoms with Gasteiger partial charge in [0.1, 0.15) is 47.8 Å². The third-order valence-corrected chi connectivity index (χ3v) is 12.9. The van der Waals surface area contributed by atoms with E-state index in [0.29, 0.717) is 13.5 Å². The number of hydrogen-bond donors (Lipinski definition) is 0. The summed E-state index contributed by atoms with van der Waals surface area (Å²) >= 11 is 6.37. The van der Waals surface area contributed by atoms with Crippen molar-refractivity contribution in [3.63, 3.8) is 0 Å². The molecule has 0 aromatic carbocycles. The fourth-order valence-electron chi connectivity index (χ4n) is 4.51. The number of pyridine rings is 2. The minimum Gasteiger partial charge on any atom is -0.361 e. The molecule has 6 aromatic rings. The molecule has 0 N–H and O–H groups in total. The van der Waals surface area contributed by atoms with Gasteiger partial charge in [-0.1, -0.05) is 39.3 Å². The van der Waals surface area contributed by atoms with Gasteiger partial charge >= 0.3 is 0 Å². The summed E-state index contributed by atoms with van der Waals surface area (Å²) in [6.07, 6.45) is 4.06. The van der Waals surface area contributed by atoms with E-state index >= 15 is 0 Å². The smallest absolute Gasteiger partial charge is 0.162 e. The highest BCUT2D eigenvalue weighted by Gasteiger charge is 2.15. The first-order valence-electron chi connectivity index (χ1n) is 15.6. The number of aromatic nitrogens is 8. The molecule has 10 nitrogen and oxygen atoms in total. The second-order valence-corrected chi connectivity index (χ2v) is 27.5. The van der Waals surface area contributed by atoms with Crippen LogP contribution in [0.4, 0.5) is 0 Å². The maximum Gasteiger partial charge on any atom is 0.162 e. The van der Waals surface area contributed by atoms with Crippen molar-refractivity contribution in [3.05, 3.63) is 58.8 Å². The van der Waals surface area contributed by atoms with Crippen LogP contribution in [0, 0.1) is 13.8 Å². The molecule has 0 aliphatic rings. The van der Waals surface area contributed by atoms with E-state index in [1.54, 1.807) is 0 Å². The molecule has 47 heavy (non-hydrogen) atoms. The van der Waals surface area contributed by atoms with Crippen molar-refractivity contribution in [2.24, 2.45) is 0 Å². The van der Waals surface area contributed by atoms with Crippen molar-refractivity contribution >= 4 is 77.2 Å². The fraction of sp³-hybridized carbons (Fsp3) is 0.438. The van der Waals surface area contributed by atoms with Crippen LogP contribution in [-0.4, -0.2) is 67.2 Å². The van der Waals surface area contributed by atoms with Crippen molar-refractivity contribution in [2.75, 3.05) is 13.2 Å². The second-order valence-electron chi connectivity index (χ2n) is 13.9. The highest BCUT2D eigenvalue weighted by Crippen LogP contribution is 2.29. The molecular formula is C32H43BrN8O2S2Si2. The molecule has 15 heteroatoms. The first-order chi connectivity index (χ1) is 22.3. The Bertz CT molecular complexity index is 1940. The van der Waals surface area contributed by atoms with Gasteiger partial charge < -0.3 is 18.6 Å². The molecule has 250 valence electrons. The van der Waals surface area contributed by atoms with Gasteiger partial charge in [-0.25, -0.2) is 19.9 Å². The number of hydrogen-bond acceptors (Lipinski definition) is 10. The molecular weight excluding hydrogens is 729 g/mol. The van der Waals surface area contributed by atoms with Crippen LogP contribution in [-0.2, 0) is 22.9 Å². The number of nitrogens with zero attached hydrogens (tertiary/aromatic N) is 8. The lowest BCUT2D eigenvalue weighted by molar-refractivity contribution is 0.0897. The van der Waals surface area contributed by atoms with Crippen LogP contribution in [0.5, 0.6) is 0 Å². The predicted molar refractivity (Wildman–Crippen MR) is 203 cm³/mol. The summed E-state index contributed by atoms with van der Waals surface area (Å²) < 4.78 is 25.3. The van der Waals surface area contributed by atoms with Crippen molar-refractivity contribution in [1.29, 1.82) is 0 Å². The predicted octanol–water partition coefficient (Wildman–Crippen LogP) is 9.11. The molecule has 0 radical (unpaired) electrons. The van der Waals surface area contributed by atoms with E-state index in [9.17, 15) is 0 Å². The molecule has 6 heterocycles. The lowest BCUT2D eigenvalue weighted by atomic mass is 10.3. The van der Waals surface area contributed by atoms with Gasteiger partial charge in [-0.15, -0.1) is 0 Å². The van der Waals surface area contributed by atoms with Crippen LogP contribution in [0.25, 0.3) is 43.5 Å². The van der Waals surface area contributed by atoms with E-state index in [0.717, 1.165) is 78.8 Å². The largest absolute Gasteiger partial charge is 0.361 e. The highest BCUT2D eigenvalue weighted by atomic mass is 79.9. The molecule has 0 saturated carbocycles. The average molecular weight is 772 g/mol. The SMILES string of the molecule is Cc1nsc(-c2ccc3c(Br)cn(COCC[Si](C)(C)C)c3n2)n1.Cc1nsc(-c2ccc3ccn(COCC[Si](C)(C)C)c3n2)n1. The average Bonchev–Trinajstić information content (AvgIpc) is 3.80. The van der Waals surface area contributed by atoms with E-state index < -0.39 is 16.1 Å². The topological polar surface area (TPSA) is 106 Å². The Morgan fingerprint density at radius 2 is 1.21 bits per heavy atom. The monoisotopic (exact) mass is 770 g/mol. The molecule has 0 aliphatic heterocycles. The molecule has 0 bridgehead atoms. The van der Waals surface area contributed by atoms with Gasteiger partial charge in [-0.3, -0.25) is 0 Å². The zero-order chi connectivity index (χ0) is 33.8. The van der Waals surface area contributed by atoms with Crippen LogP contribution in [0.3, 0.4) is 0 Å². The third kappa shape index (κ3) is 9.93. The summed E-state index contributed by atoms with van der Waals surface area (Å²) in [5.41, 5.74) is 3.55. The standard InChI is InChI=1S/C16H21BrN4OSSi.C16H22N4OSSi/c1-11-18-16(23-20-11)14-6-5-12-13(17)9-21(15(12)19-14)10-22-7-8-24(2,3)4;1-12-17-16(22-19-12)14-6-5-13-7-8-20(15(13)18-14)11-21-9-10-23(2,3)4/h5-6,9H,7-8,10H2,1-4H3;5-8H,9-11H2,1-4H3. The van der Waals surface area contributed by atoms with Gasteiger partial charge in [-0.05, 0) is 95.3 Å². The molecule has 0 unspecified atom stereocenters. The molecule has 6 aromatic heterocycles. The van der Waals surface area contributed by atoms with Crippen LogP contribution >= 0.6 is 39.0 Å². The summed E-state index contributed by atoms with van der Waals surface area (Å²) in [5, 5.41) is 3.90. The molecule has 0 saturated heterocycles. The third-order valence-electron chi connectivity index (χ3n) is 7.23. The number of fused-ring (bicyclic) bond motifs is 2. The summed E-state index contributed by atoms with van der Waals surface area (Å²) in [4.78, 5) is 18.4. The number of halogens is 1. The number of aryl methyl sites for hydroxylation is 2. The Kier molecular flexibility index (Phi) is 11.6. The Morgan fingerprint density at radius 3 is 1.74 bits per heavy atom. The summed E-state index contributed by atoms with van der Waals surface area (Å²) in [6, 6.07) is 12.5. The van der Waals surface area contributed by atoms with Crippen LogP contribution in [0.2, 0.25) is 51.4 Å². The molecule has 0 atom stereocenters. The van der Waals surface area contributed by atoms with Crippen molar-refractivity contribution < 1.29 is 9.47 Å². The molecule has 0 amide bonds. The minimum atomic E-state index is -1.07. The quantitative estimate of drug-likeness (QED) is 0.0897. The maximum absolute atomic E-state index is 5.88. The zero-order valence-corrected chi connectivity index (χ0v) is 33.6. The Hall–Kier alpha value is -2.67. The van der Waals surface area contributed by atoms with E-state index in [1.807, 2.05) is 42.9 Å². The molecule has 6 rings (SSSR count). The number of rotatable bonds is 12. The molecule has 0 aliphatic carbocycles. The lowest BCUT2D eigenvalue weighted by Gasteiger charge is -2.15. The zero-order valence-electron chi connectivity index (χ0n) is 28.4. The molecule has 0 fully saturated rings. The second kappa shape index (κ2) is 15.3. The van der Waals surface area contributed by atoms with Gasteiger partial charge in [0.05, 0.1) is 0 Å². The van der Waals surface area contributed by atoms with Gasteiger partial charge in [0.25, 0.3) is 0 Å². The maximum atomic E-state index is 5.88. The molecule has 0 spiro atoms. The van der Waals surface area contributed by atoms with Crippen molar-refractivity contribution in [2.45, 2.75) is 78.7 Å². The van der Waals surface area contributed by atoms with Gasteiger partial charge in [0.15, 0.2) is 10.0 Å². The van der Waals surface area contributed by atoms with Crippen LogP contribution in [0.1, 0.15) is 11.6 Å². The Morgan fingerprint density at radius 1 is 0.681 bits per heavy atom. The van der Waals surface area contributed by atoms with E-state index in [1.165, 1.54) is 29.1 Å². The summed E-state index contributed by atoms with van der Waals surface area (Å²) in [5.74, 6) is 1.57. The van der Waals surface area contributed by atoms with E-state index in [-0.39, 0.29) is 0 Å². The van der Waals surface area contributed by atoms with Crippen LogP contribution < -0.4 is 0 Å². The Balaban J connectivity index is 0.000000185. The highest BCUT2D eigenvalue weighted by molar-refractivity contribution is 9.10. The van der Waals surface area contributed by atoms with Gasteiger partial charge in [-0.2, -0.15) is 8.75 Å². The summed E-state index contributed by atoms with van der Waals surface area (Å²) in [6.45, 7) is 20.6. The first-order valence-corrected chi connectivity index (χ1v) is 25.4. The first kappa shape index (κ1) is 35.6. The van der Waals surface area contributed by atoms with Crippen molar-refractivity contribution in [3.8, 4) is 21.4 Å².